The molecule has 0 bridgehead atoms. The molecule has 1 aromatic carbocycles. The molecular formula is C23H29N3O3. The van der Waals surface area contributed by atoms with Crippen molar-refractivity contribution < 1.29 is 14.4 Å². The van der Waals surface area contributed by atoms with Crippen LogP contribution in [0.5, 0.6) is 0 Å². The topological polar surface area (TPSA) is 69.7 Å². The number of nitrogens with one attached hydrogen (secondary N) is 1. The highest BCUT2D eigenvalue weighted by Crippen LogP contribution is 2.44. The van der Waals surface area contributed by atoms with E-state index in [2.05, 4.69) is 36.5 Å². The van der Waals surface area contributed by atoms with Crippen molar-refractivity contribution in [2.75, 3.05) is 6.54 Å². The summed E-state index contributed by atoms with van der Waals surface area (Å²) in [5.41, 5.74) is 1.94. The van der Waals surface area contributed by atoms with E-state index in [0.29, 0.717) is 18.8 Å². The lowest BCUT2D eigenvalue weighted by atomic mass is 9.73. The summed E-state index contributed by atoms with van der Waals surface area (Å²) in [5, 5.41) is 2.88. The van der Waals surface area contributed by atoms with Gasteiger partial charge < -0.3 is 10.2 Å². The van der Waals surface area contributed by atoms with Crippen LogP contribution in [0.2, 0.25) is 0 Å². The van der Waals surface area contributed by atoms with Crippen molar-refractivity contribution >= 4 is 17.8 Å². The molecular weight excluding hydrogens is 366 g/mol. The van der Waals surface area contributed by atoms with E-state index in [-0.39, 0.29) is 30.4 Å². The summed E-state index contributed by atoms with van der Waals surface area (Å²) >= 11 is 0. The molecule has 6 heteroatoms. The van der Waals surface area contributed by atoms with Crippen LogP contribution < -0.4 is 5.32 Å². The van der Waals surface area contributed by atoms with Crippen molar-refractivity contribution in [2.45, 2.75) is 81.8 Å². The Kier molecular flexibility index (Phi) is 4.41. The summed E-state index contributed by atoms with van der Waals surface area (Å²) in [6, 6.07) is 8.58. The lowest BCUT2D eigenvalue weighted by Gasteiger charge is -2.44. The van der Waals surface area contributed by atoms with E-state index >= 15 is 0 Å². The van der Waals surface area contributed by atoms with Gasteiger partial charge in [-0.1, -0.05) is 37.1 Å². The molecule has 0 atom stereocenters. The van der Waals surface area contributed by atoms with Crippen molar-refractivity contribution in [1.29, 1.82) is 0 Å². The molecule has 4 fully saturated rings. The maximum absolute atomic E-state index is 13.2. The Labute approximate surface area is 171 Å². The van der Waals surface area contributed by atoms with Gasteiger partial charge in [-0.15, -0.1) is 0 Å². The molecule has 4 amide bonds. The van der Waals surface area contributed by atoms with Crippen LogP contribution in [0.3, 0.4) is 0 Å². The highest BCUT2D eigenvalue weighted by Gasteiger charge is 2.53. The van der Waals surface area contributed by atoms with Gasteiger partial charge in [0.25, 0.3) is 5.91 Å². The Morgan fingerprint density at radius 3 is 2.48 bits per heavy atom. The molecule has 0 aromatic heterocycles. The second-order valence-electron chi connectivity index (χ2n) is 9.32. The normalized spacial score (nSPS) is 27.8. The molecule has 0 radical (unpaired) electrons. The molecule has 1 aromatic rings. The second-order valence-corrected chi connectivity index (χ2v) is 9.32. The lowest BCUT2D eigenvalue weighted by molar-refractivity contribution is -0.142. The number of amides is 4. The fourth-order valence-electron chi connectivity index (χ4n) is 5.53. The quantitative estimate of drug-likeness (QED) is 0.779. The molecule has 3 saturated carbocycles. The number of rotatable bonds is 5. The third-order valence-corrected chi connectivity index (χ3v) is 7.36. The van der Waals surface area contributed by atoms with Gasteiger partial charge in [0, 0.05) is 12.1 Å². The second kappa shape index (κ2) is 6.85. The van der Waals surface area contributed by atoms with Crippen LogP contribution in [0.4, 0.5) is 4.79 Å². The number of hydrogen-bond donors (Lipinski definition) is 1. The molecule has 1 spiro atoms. The molecule has 4 aliphatic rings. The van der Waals surface area contributed by atoms with E-state index in [1.807, 2.05) is 4.90 Å². The van der Waals surface area contributed by atoms with Crippen molar-refractivity contribution in [1.82, 2.24) is 15.1 Å². The zero-order valence-electron chi connectivity index (χ0n) is 17.0. The summed E-state index contributed by atoms with van der Waals surface area (Å²) in [5.74, 6) is 0.225. The Morgan fingerprint density at radius 1 is 1.14 bits per heavy atom. The summed E-state index contributed by atoms with van der Waals surface area (Å²) in [4.78, 5) is 41.7. The maximum Gasteiger partial charge on any atom is 0.325 e. The van der Waals surface area contributed by atoms with Crippen molar-refractivity contribution in [3.05, 3.63) is 35.4 Å². The lowest BCUT2D eigenvalue weighted by Crippen LogP contribution is -2.52. The third kappa shape index (κ3) is 3.13. The summed E-state index contributed by atoms with van der Waals surface area (Å²) in [6.07, 6.45) is 7.27. The van der Waals surface area contributed by atoms with Gasteiger partial charge in [-0.25, -0.2) is 4.79 Å². The monoisotopic (exact) mass is 395 g/mol. The predicted octanol–water partition coefficient (Wildman–Crippen LogP) is 3.10. The minimum atomic E-state index is -0.742. The van der Waals surface area contributed by atoms with Crippen LogP contribution in [-0.2, 0) is 9.59 Å². The third-order valence-electron chi connectivity index (χ3n) is 7.36. The molecule has 1 N–H and O–H groups in total. The van der Waals surface area contributed by atoms with E-state index in [1.54, 1.807) is 0 Å². The Hall–Kier alpha value is -2.37. The molecule has 1 heterocycles. The molecule has 0 unspecified atom stereocenters. The van der Waals surface area contributed by atoms with Gasteiger partial charge >= 0.3 is 6.03 Å². The van der Waals surface area contributed by atoms with E-state index in [0.717, 1.165) is 38.5 Å². The van der Waals surface area contributed by atoms with Crippen LogP contribution in [0.15, 0.2) is 24.3 Å². The van der Waals surface area contributed by atoms with E-state index < -0.39 is 11.6 Å². The molecule has 1 saturated heterocycles. The maximum atomic E-state index is 13.2. The van der Waals surface area contributed by atoms with Crippen LogP contribution in [0.1, 0.15) is 68.4 Å². The molecule has 154 valence electrons. The van der Waals surface area contributed by atoms with E-state index in [1.165, 1.54) is 16.0 Å². The average Bonchev–Trinajstić information content (AvgIpc) is 3.34. The first-order valence-electron chi connectivity index (χ1n) is 11.0. The van der Waals surface area contributed by atoms with Crippen LogP contribution in [0.25, 0.3) is 0 Å². The van der Waals surface area contributed by atoms with Crippen molar-refractivity contribution in [3.63, 3.8) is 0 Å². The zero-order chi connectivity index (χ0) is 20.2. The summed E-state index contributed by atoms with van der Waals surface area (Å²) < 4.78 is 0. The van der Waals surface area contributed by atoms with E-state index in [4.69, 9.17) is 0 Å². The fourth-order valence-corrected chi connectivity index (χ4v) is 5.53. The van der Waals surface area contributed by atoms with Crippen molar-refractivity contribution in [3.8, 4) is 0 Å². The minimum absolute atomic E-state index is 0.0701. The first-order chi connectivity index (χ1) is 14.0. The minimum Gasteiger partial charge on any atom is -0.335 e. The van der Waals surface area contributed by atoms with E-state index in [9.17, 15) is 14.4 Å². The van der Waals surface area contributed by atoms with Crippen LogP contribution in [-0.4, -0.2) is 51.8 Å². The zero-order valence-corrected chi connectivity index (χ0v) is 17.0. The SMILES string of the molecule is Cc1ccccc1C1CC(N(C(=O)CN2C(=O)NC3(CCCC3)C2=O)C2CC2)C1. The number of hydrogen-bond acceptors (Lipinski definition) is 3. The smallest absolute Gasteiger partial charge is 0.325 e. The molecule has 6 nitrogen and oxygen atoms in total. The number of carbonyl (C=O) groups excluding carboxylic acids is 3. The number of aryl methyl sites for hydroxylation is 1. The predicted molar refractivity (Wildman–Crippen MR) is 108 cm³/mol. The number of carbonyl (C=O) groups is 3. The van der Waals surface area contributed by atoms with Crippen molar-refractivity contribution in [2.24, 2.45) is 0 Å². The average molecular weight is 396 g/mol. The summed E-state index contributed by atoms with van der Waals surface area (Å²) in [7, 11) is 0. The van der Waals surface area contributed by atoms with Gasteiger partial charge in [-0.2, -0.15) is 0 Å². The number of nitrogens with zero attached hydrogens (tertiary/aromatic N) is 2. The highest BCUT2D eigenvalue weighted by atomic mass is 16.2. The number of benzene rings is 1. The molecule has 5 rings (SSSR count). The van der Waals surface area contributed by atoms with Gasteiger partial charge in [0.2, 0.25) is 5.91 Å². The Bertz CT molecular complexity index is 851. The number of imide groups is 1. The standard InChI is InChI=1S/C23H29N3O3/c1-15-6-2-3-7-19(15)16-12-18(13-16)26(17-8-9-17)20(27)14-25-21(28)23(24-22(25)29)10-4-5-11-23/h2-3,6-7,16-18H,4-5,8-14H2,1H3,(H,24,29). The van der Waals surface area contributed by atoms with Gasteiger partial charge in [0.05, 0.1) is 0 Å². The summed E-state index contributed by atoms with van der Waals surface area (Å²) in [6.45, 7) is 2.03. The van der Waals surface area contributed by atoms with Crippen LogP contribution in [0, 0.1) is 6.92 Å². The molecule has 29 heavy (non-hydrogen) atoms. The first kappa shape index (κ1) is 18.6. The Morgan fingerprint density at radius 2 is 1.83 bits per heavy atom. The highest BCUT2D eigenvalue weighted by molar-refractivity contribution is 6.09. The Balaban J connectivity index is 1.26. The van der Waals surface area contributed by atoms with Gasteiger partial charge in [-0.05, 0) is 62.5 Å². The van der Waals surface area contributed by atoms with Gasteiger partial charge in [-0.3, -0.25) is 14.5 Å². The van der Waals surface area contributed by atoms with Crippen LogP contribution >= 0.6 is 0 Å². The largest absolute Gasteiger partial charge is 0.335 e. The van der Waals surface area contributed by atoms with Gasteiger partial charge in [0.15, 0.2) is 0 Å². The fraction of sp³-hybridized carbons (Fsp3) is 0.609. The van der Waals surface area contributed by atoms with Gasteiger partial charge in [0.1, 0.15) is 12.1 Å². The molecule has 1 aliphatic heterocycles. The molecule has 3 aliphatic carbocycles. The number of urea groups is 1. The first-order valence-corrected chi connectivity index (χ1v) is 11.0.